The minimum atomic E-state index is 0.637. The second-order valence-electron chi connectivity index (χ2n) is 5.42. The van der Waals surface area contributed by atoms with E-state index in [-0.39, 0.29) is 0 Å². The number of hydrogen-bond acceptors (Lipinski definition) is 4. The Morgan fingerprint density at radius 3 is 3.00 bits per heavy atom. The minimum absolute atomic E-state index is 0.637. The monoisotopic (exact) mass is 341 g/mol. The van der Waals surface area contributed by atoms with Crippen molar-refractivity contribution in [1.29, 1.82) is 0 Å². The molecule has 0 spiro atoms. The van der Waals surface area contributed by atoms with Crippen LogP contribution in [-0.4, -0.2) is 35.6 Å². The summed E-state index contributed by atoms with van der Waals surface area (Å²) in [5.74, 6) is 3.65. The lowest BCUT2D eigenvalue weighted by Crippen LogP contribution is -2.33. The molecule has 2 heterocycles. The Balaban J connectivity index is 1.76. The van der Waals surface area contributed by atoms with Gasteiger partial charge in [0, 0.05) is 47.7 Å². The quantitative estimate of drug-likeness (QED) is 0.890. The molecular weight excluding hydrogens is 322 g/mol. The summed E-state index contributed by atoms with van der Waals surface area (Å²) in [5, 5.41) is 3.59. The number of pyridine rings is 1. The van der Waals surface area contributed by atoms with Gasteiger partial charge in [-0.2, -0.15) is 11.8 Å². The van der Waals surface area contributed by atoms with Gasteiger partial charge >= 0.3 is 0 Å². The zero-order valence-corrected chi connectivity index (χ0v) is 13.6. The normalized spacial score (nSPS) is 22.7. The molecule has 3 nitrogen and oxygen atoms in total. The topological polar surface area (TPSA) is 28.2 Å². The van der Waals surface area contributed by atoms with Crippen molar-refractivity contribution in [3.63, 3.8) is 0 Å². The lowest BCUT2D eigenvalue weighted by atomic mass is 10.2. The summed E-state index contributed by atoms with van der Waals surface area (Å²) in [6.07, 6.45) is 5.83. The summed E-state index contributed by atoms with van der Waals surface area (Å²) in [6, 6.07) is 3.58. The molecule has 0 radical (unpaired) electrons. The van der Waals surface area contributed by atoms with Crippen LogP contribution in [0.2, 0.25) is 0 Å². The molecule has 2 fully saturated rings. The van der Waals surface area contributed by atoms with Crippen molar-refractivity contribution in [2.75, 3.05) is 23.5 Å². The maximum absolute atomic E-state index is 4.65. The van der Waals surface area contributed by atoms with Crippen molar-refractivity contribution in [2.24, 2.45) is 0 Å². The van der Waals surface area contributed by atoms with Crippen LogP contribution in [0, 0.1) is 0 Å². The van der Waals surface area contributed by atoms with Gasteiger partial charge in [0.2, 0.25) is 0 Å². The van der Waals surface area contributed by atoms with Crippen molar-refractivity contribution >= 4 is 33.5 Å². The molecule has 0 bridgehead atoms. The largest absolute Gasteiger partial charge is 0.356 e. The lowest BCUT2D eigenvalue weighted by molar-refractivity contribution is 0.661. The zero-order valence-electron chi connectivity index (χ0n) is 11.2. The molecule has 1 aromatic rings. The third-order valence-corrected chi connectivity index (χ3v) is 5.43. The van der Waals surface area contributed by atoms with Crippen LogP contribution in [0.25, 0.3) is 0 Å². The van der Waals surface area contributed by atoms with Gasteiger partial charge in [0.1, 0.15) is 5.82 Å². The lowest BCUT2D eigenvalue weighted by Gasteiger charge is -2.27. The molecule has 1 saturated heterocycles. The van der Waals surface area contributed by atoms with E-state index in [4.69, 9.17) is 0 Å². The number of hydrogen-bond donors (Lipinski definition) is 1. The van der Waals surface area contributed by atoms with Gasteiger partial charge in [0.05, 0.1) is 0 Å². The SMILES string of the molecule is CN(c1ncc(Br)cc1CNC1CC1)C1CCSC1. The molecule has 19 heavy (non-hydrogen) atoms. The number of nitrogens with one attached hydrogen (secondary N) is 1. The van der Waals surface area contributed by atoms with Crippen LogP contribution in [0.15, 0.2) is 16.7 Å². The minimum Gasteiger partial charge on any atom is -0.356 e. The molecule has 0 aromatic carbocycles. The Kier molecular flexibility index (Phi) is 4.34. The molecule has 104 valence electrons. The second-order valence-corrected chi connectivity index (χ2v) is 7.49. The summed E-state index contributed by atoms with van der Waals surface area (Å²) in [5.41, 5.74) is 1.31. The van der Waals surface area contributed by atoms with Gasteiger partial charge < -0.3 is 10.2 Å². The van der Waals surface area contributed by atoms with E-state index in [0.717, 1.165) is 22.9 Å². The number of halogens is 1. The molecule has 3 rings (SSSR count). The van der Waals surface area contributed by atoms with E-state index in [2.05, 4.69) is 44.2 Å². The maximum Gasteiger partial charge on any atom is 0.133 e. The smallest absolute Gasteiger partial charge is 0.133 e. The van der Waals surface area contributed by atoms with Gasteiger partial charge in [0.25, 0.3) is 0 Å². The molecule has 1 atom stereocenters. The van der Waals surface area contributed by atoms with Gasteiger partial charge in [-0.25, -0.2) is 4.98 Å². The fourth-order valence-electron chi connectivity index (χ4n) is 2.46. The van der Waals surface area contributed by atoms with Crippen molar-refractivity contribution in [3.8, 4) is 0 Å². The highest BCUT2D eigenvalue weighted by Crippen LogP contribution is 2.29. The zero-order chi connectivity index (χ0) is 13.2. The number of aromatic nitrogens is 1. The van der Waals surface area contributed by atoms with Gasteiger partial charge in [-0.3, -0.25) is 0 Å². The Morgan fingerprint density at radius 2 is 2.32 bits per heavy atom. The van der Waals surface area contributed by atoms with Crippen LogP contribution in [0.3, 0.4) is 0 Å². The van der Waals surface area contributed by atoms with Gasteiger partial charge in [-0.1, -0.05) is 0 Å². The predicted molar refractivity (Wildman–Crippen MR) is 85.9 cm³/mol. The average molecular weight is 342 g/mol. The van der Waals surface area contributed by atoms with E-state index in [0.29, 0.717) is 6.04 Å². The predicted octanol–water partition coefficient (Wildman–Crippen LogP) is 3.04. The highest BCUT2D eigenvalue weighted by molar-refractivity contribution is 9.10. The number of thioether (sulfide) groups is 1. The number of nitrogens with zero attached hydrogens (tertiary/aromatic N) is 2. The molecule has 1 unspecified atom stereocenters. The Labute approximate surface area is 127 Å². The first kappa shape index (κ1) is 13.7. The van der Waals surface area contributed by atoms with E-state index in [1.54, 1.807) is 0 Å². The Morgan fingerprint density at radius 1 is 1.47 bits per heavy atom. The number of anilines is 1. The number of rotatable bonds is 5. The van der Waals surface area contributed by atoms with Crippen molar-refractivity contribution < 1.29 is 0 Å². The molecule has 2 aliphatic rings. The summed E-state index contributed by atoms with van der Waals surface area (Å²) in [4.78, 5) is 7.02. The van der Waals surface area contributed by atoms with Crippen LogP contribution >= 0.6 is 27.7 Å². The van der Waals surface area contributed by atoms with Gasteiger partial charge in [-0.05, 0) is 47.0 Å². The summed E-state index contributed by atoms with van der Waals surface area (Å²) >= 11 is 5.59. The van der Waals surface area contributed by atoms with Crippen LogP contribution < -0.4 is 10.2 Å². The fraction of sp³-hybridized carbons (Fsp3) is 0.643. The summed E-state index contributed by atoms with van der Waals surface area (Å²) < 4.78 is 1.07. The van der Waals surface area contributed by atoms with Crippen LogP contribution in [-0.2, 0) is 6.54 Å². The Bertz CT molecular complexity index is 444. The third kappa shape index (κ3) is 3.44. The molecule has 1 aliphatic carbocycles. The second kappa shape index (κ2) is 6.02. The van der Waals surface area contributed by atoms with Crippen molar-refractivity contribution in [2.45, 2.75) is 37.9 Å². The van der Waals surface area contributed by atoms with Crippen LogP contribution in [0.1, 0.15) is 24.8 Å². The van der Waals surface area contributed by atoms with E-state index < -0.39 is 0 Å². The van der Waals surface area contributed by atoms with E-state index in [9.17, 15) is 0 Å². The van der Waals surface area contributed by atoms with Crippen LogP contribution in [0.5, 0.6) is 0 Å². The molecule has 1 aliphatic heterocycles. The fourth-order valence-corrected chi connectivity index (χ4v) is 4.11. The van der Waals surface area contributed by atoms with Crippen molar-refractivity contribution in [1.82, 2.24) is 10.3 Å². The van der Waals surface area contributed by atoms with Crippen LogP contribution in [0.4, 0.5) is 5.82 Å². The van der Waals surface area contributed by atoms with Gasteiger partial charge in [-0.15, -0.1) is 0 Å². The first-order valence-electron chi connectivity index (χ1n) is 6.92. The molecule has 1 N–H and O–H groups in total. The molecule has 0 amide bonds. The summed E-state index contributed by atoms with van der Waals surface area (Å²) in [6.45, 7) is 0.927. The van der Waals surface area contributed by atoms with E-state index in [1.165, 1.54) is 36.3 Å². The average Bonchev–Trinajstić information content (AvgIpc) is 3.07. The van der Waals surface area contributed by atoms with E-state index >= 15 is 0 Å². The summed E-state index contributed by atoms with van der Waals surface area (Å²) in [7, 11) is 2.19. The third-order valence-electron chi connectivity index (χ3n) is 3.86. The molecule has 1 aromatic heterocycles. The van der Waals surface area contributed by atoms with E-state index in [1.807, 2.05) is 18.0 Å². The standard InChI is InChI=1S/C14H20BrN3S/c1-18(13-4-5-19-9-13)14-10(6-11(15)8-17-14)7-16-12-2-3-12/h6,8,12-13,16H,2-5,7,9H2,1H3. The molecule has 1 saturated carbocycles. The first-order chi connectivity index (χ1) is 9.24. The molecule has 5 heteroatoms. The van der Waals surface area contributed by atoms with Crippen molar-refractivity contribution in [3.05, 3.63) is 22.3 Å². The Hall–Kier alpha value is -0.260. The first-order valence-corrected chi connectivity index (χ1v) is 8.87. The maximum atomic E-state index is 4.65. The molecular formula is C14H20BrN3S. The van der Waals surface area contributed by atoms with Gasteiger partial charge in [0.15, 0.2) is 0 Å². The highest BCUT2D eigenvalue weighted by atomic mass is 79.9. The highest BCUT2D eigenvalue weighted by Gasteiger charge is 2.24.